The normalized spacial score (nSPS) is 37.9. The first-order valence-corrected chi connectivity index (χ1v) is 5.43. The van der Waals surface area contributed by atoms with Gasteiger partial charge in [-0.3, -0.25) is 4.79 Å². The average Bonchev–Trinajstić information content (AvgIpc) is 2.41. The Morgan fingerprint density at radius 2 is 2.29 bits per heavy atom. The van der Waals surface area contributed by atoms with Gasteiger partial charge in [-0.25, -0.2) is 0 Å². The molecule has 80 valence electrons. The summed E-state index contributed by atoms with van der Waals surface area (Å²) in [4.78, 5) is 13.7. The summed E-state index contributed by atoms with van der Waals surface area (Å²) in [7, 11) is 1.95. The van der Waals surface area contributed by atoms with Gasteiger partial charge in [-0.2, -0.15) is 0 Å². The molecule has 1 amide bonds. The van der Waals surface area contributed by atoms with Crippen LogP contribution in [0.4, 0.5) is 0 Å². The molecule has 0 N–H and O–H groups in total. The van der Waals surface area contributed by atoms with Crippen molar-refractivity contribution >= 4 is 5.91 Å². The van der Waals surface area contributed by atoms with E-state index in [9.17, 15) is 4.79 Å². The number of amides is 1. The number of hydrogen-bond donors (Lipinski definition) is 0. The van der Waals surface area contributed by atoms with Crippen molar-refractivity contribution in [1.29, 1.82) is 0 Å². The van der Waals surface area contributed by atoms with Crippen molar-refractivity contribution in [2.75, 3.05) is 20.3 Å². The highest BCUT2D eigenvalue weighted by Gasteiger charge is 2.53. The monoisotopic (exact) mass is 197 g/mol. The Hall–Kier alpha value is -0.570. The summed E-state index contributed by atoms with van der Waals surface area (Å²) >= 11 is 0. The molecule has 2 fully saturated rings. The molecule has 0 spiro atoms. The molecule has 2 aliphatic heterocycles. The lowest BCUT2D eigenvalue weighted by molar-refractivity contribution is -0.132. The predicted molar refractivity (Wildman–Crippen MR) is 53.9 cm³/mol. The SMILES string of the molecule is CC(C)C12CCOCC1CC(=O)N2C. The van der Waals surface area contributed by atoms with E-state index in [0.717, 1.165) is 19.6 Å². The highest BCUT2D eigenvalue weighted by Crippen LogP contribution is 2.45. The Labute approximate surface area is 85.4 Å². The maximum Gasteiger partial charge on any atom is 0.223 e. The first-order chi connectivity index (χ1) is 6.59. The molecule has 2 rings (SSSR count). The van der Waals surface area contributed by atoms with Gasteiger partial charge in [0.15, 0.2) is 0 Å². The maximum absolute atomic E-state index is 11.7. The van der Waals surface area contributed by atoms with Gasteiger partial charge in [0.05, 0.1) is 12.1 Å². The zero-order chi connectivity index (χ0) is 10.3. The Morgan fingerprint density at radius 3 is 2.86 bits per heavy atom. The average molecular weight is 197 g/mol. The molecule has 0 saturated carbocycles. The molecule has 0 aromatic rings. The van der Waals surface area contributed by atoms with Crippen LogP contribution in [0.1, 0.15) is 26.7 Å². The zero-order valence-corrected chi connectivity index (χ0v) is 9.25. The summed E-state index contributed by atoms with van der Waals surface area (Å²) in [6.07, 6.45) is 1.67. The van der Waals surface area contributed by atoms with Gasteiger partial charge in [-0.05, 0) is 12.3 Å². The van der Waals surface area contributed by atoms with Crippen LogP contribution in [0.5, 0.6) is 0 Å². The fourth-order valence-corrected chi connectivity index (χ4v) is 3.21. The lowest BCUT2D eigenvalue weighted by atomic mass is 9.73. The second-order valence-corrected chi connectivity index (χ2v) is 4.82. The van der Waals surface area contributed by atoms with Crippen molar-refractivity contribution in [2.24, 2.45) is 11.8 Å². The van der Waals surface area contributed by atoms with Crippen LogP contribution in [-0.2, 0) is 9.53 Å². The van der Waals surface area contributed by atoms with Crippen LogP contribution in [-0.4, -0.2) is 36.6 Å². The van der Waals surface area contributed by atoms with Gasteiger partial charge in [0, 0.05) is 26.0 Å². The molecule has 2 aliphatic rings. The van der Waals surface area contributed by atoms with Crippen molar-refractivity contribution in [3.05, 3.63) is 0 Å². The van der Waals surface area contributed by atoms with Gasteiger partial charge in [-0.15, -0.1) is 0 Å². The van der Waals surface area contributed by atoms with Crippen LogP contribution in [0.15, 0.2) is 0 Å². The molecule has 0 bridgehead atoms. The van der Waals surface area contributed by atoms with E-state index in [4.69, 9.17) is 4.74 Å². The Balaban J connectivity index is 2.34. The molecule has 2 atom stereocenters. The summed E-state index contributed by atoms with van der Waals surface area (Å²) in [5.41, 5.74) is 0.0787. The second kappa shape index (κ2) is 3.23. The molecule has 3 heteroatoms. The molecule has 2 unspecified atom stereocenters. The van der Waals surface area contributed by atoms with Crippen LogP contribution in [0.25, 0.3) is 0 Å². The lowest BCUT2D eigenvalue weighted by Gasteiger charge is -2.46. The van der Waals surface area contributed by atoms with Crippen molar-refractivity contribution in [3.63, 3.8) is 0 Å². The van der Waals surface area contributed by atoms with Crippen molar-refractivity contribution in [1.82, 2.24) is 4.90 Å². The van der Waals surface area contributed by atoms with Crippen molar-refractivity contribution in [2.45, 2.75) is 32.2 Å². The number of carbonyl (C=O) groups excluding carboxylic acids is 1. The Bertz CT molecular complexity index is 252. The van der Waals surface area contributed by atoms with Gasteiger partial charge >= 0.3 is 0 Å². The number of ether oxygens (including phenoxy) is 1. The maximum atomic E-state index is 11.7. The first-order valence-electron chi connectivity index (χ1n) is 5.43. The van der Waals surface area contributed by atoms with Crippen LogP contribution < -0.4 is 0 Å². The Morgan fingerprint density at radius 1 is 1.57 bits per heavy atom. The molecule has 3 nitrogen and oxygen atoms in total. The topological polar surface area (TPSA) is 29.5 Å². The molecular weight excluding hydrogens is 178 g/mol. The van der Waals surface area contributed by atoms with Gasteiger partial charge < -0.3 is 9.64 Å². The molecule has 0 aromatic carbocycles. The van der Waals surface area contributed by atoms with Crippen LogP contribution in [0.3, 0.4) is 0 Å². The number of carbonyl (C=O) groups is 1. The van der Waals surface area contributed by atoms with E-state index in [-0.39, 0.29) is 11.4 Å². The van der Waals surface area contributed by atoms with E-state index in [0.29, 0.717) is 18.3 Å². The fourth-order valence-electron chi connectivity index (χ4n) is 3.21. The van der Waals surface area contributed by atoms with Crippen LogP contribution in [0.2, 0.25) is 0 Å². The largest absolute Gasteiger partial charge is 0.381 e. The molecular formula is C11H19NO2. The van der Waals surface area contributed by atoms with Crippen molar-refractivity contribution < 1.29 is 9.53 Å². The summed E-state index contributed by atoms with van der Waals surface area (Å²) in [5, 5.41) is 0. The van der Waals surface area contributed by atoms with Gasteiger partial charge in [-0.1, -0.05) is 13.8 Å². The smallest absolute Gasteiger partial charge is 0.223 e. The number of nitrogens with zero attached hydrogens (tertiary/aromatic N) is 1. The first kappa shape index (κ1) is 9.97. The second-order valence-electron chi connectivity index (χ2n) is 4.82. The standard InChI is InChI=1S/C11H19NO2/c1-8(2)11-4-5-14-7-9(11)6-10(13)12(11)3/h8-9H,4-7H2,1-3H3. The minimum absolute atomic E-state index is 0.0787. The summed E-state index contributed by atoms with van der Waals surface area (Å²) < 4.78 is 5.48. The third-order valence-electron chi connectivity index (χ3n) is 4.09. The number of fused-ring (bicyclic) bond motifs is 1. The van der Waals surface area contributed by atoms with E-state index in [1.54, 1.807) is 0 Å². The van der Waals surface area contributed by atoms with Gasteiger partial charge in [0.2, 0.25) is 5.91 Å². The molecule has 0 aliphatic carbocycles. The van der Waals surface area contributed by atoms with E-state index in [1.165, 1.54) is 0 Å². The third kappa shape index (κ3) is 1.11. The minimum Gasteiger partial charge on any atom is -0.381 e. The van der Waals surface area contributed by atoms with E-state index in [1.807, 2.05) is 11.9 Å². The predicted octanol–water partition coefficient (Wildman–Crippen LogP) is 1.28. The van der Waals surface area contributed by atoms with E-state index in [2.05, 4.69) is 13.8 Å². The highest BCUT2D eigenvalue weighted by molar-refractivity contribution is 5.80. The molecule has 14 heavy (non-hydrogen) atoms. The fraction of sp³-hybridized carbons (Fsp3) is 0.909. The summed E-state index contributed by atoms with van der Waals surface area (Å²) in [5.74, 6) is 1.22. The van der Waals surface area contributed by atoms with Gasteiger partial charge in [0.25, 0.3) is 0 Å². The summed E-state index contributed by atoms with van der Waals surface area (Å²) in [6, 6.07) is 0. The van der Waals surface area contributed by atoms with Crippen LogP contribution in [0, 0.1) is 11.8 Å². The number of hydrogen-bond acceptors (Lipinski definition) is 2. The molecule has 0 aromatic heterocycles. The third-order valence-corrected chi connectivity index (χ3v) is 4.09. The van der Waals surface area contributed by atoms with E-state index < -0.39 is 0 Å². The van der Waals surface area contributed by atoms with Gasteiger partial charge in [0.1, 0.15) is 0 Å². The summed E-state index contributed by atoms with van der Waals surface area (Å²) in [6.45, 7) is 5.99. The van der Waals surface area contributed by atoms with Crippen molar-refractivity contribution in [3.8, 4) is 0 Å². The number of rotatable bonds is 1. The Kier molecular flexibility index (Phi) is 2.30. The molecule has 0 radical (unpaired) electrons. The van der Waals surface area contributed by atoms with E-state index >= 15 is 0 Å². The van der Waals surface area contributed by atoms with Crippen LogP contribution >= 0.6 is 0 Å². The highest BCUT2D eigenvalue weighted by atomic mass is 16.5. The zero-order valence-electron chi connectivity index (χ0n) is 9.25. The minimum atomic E-state index is 0.0787. The lowest BCUT2D eigenvalue weighted by Crippen LogP contribution is -2.55. The quantitative estimate of drug-likeness (QED) is 0.633. The molecule has 2 heterocycles. The number of likely N-dealkylation sites (tertiary alicyclic amines) is 1. The molecule has 2 saturated heterocycles.